The van der Waals surface area contributed by atoms with E-state index < -0.39 is 0 Å². The zero-order chi connectivity index (χ0) is 13.2. The Balaban J connectivity index is 1.94. The van der Waals surface area contributed by atoms with Gasteiger partial charge in [0.1, 0.15) is 0 Å². The van der Waals surface area contributed by atoms with Crippen molar-refractivity contribution in [2.24, 2.45) is 5.92 Å². The van der Waals surface area contributed by atoms with E-state index in [2.05, 4.69) is 36.3 Å². The van der Waals surface area contributed by atoms with Gasteiger partial charge in [-0.1, -0.05) is 45.6 Å². The van der Waals surface area contributed by atoms with E-state index in [-0.39, 0.29) is 0 Å². The van der Waals surface area contributed by atoms with E-state index >= 15 is 0 Å². The van der Waals surface area contributed by atoms with Crippen LogP contribution < -0.4 is 5.32 Å². The van der Waals surface area contributed by atoms with Crippen LogP contribution >= 0.6 is 0 Å². The summed E-state index contributed by atoms with van der Waals surface area (Å²) in [5.41, 5.74) is 2.37. The molecular formula is C16H28N2. The quantitative estimate of drug-likeness (QED) is 0.666. The predicted octanol–water partition coefficient (Wildman–Crippen LogP) is 4.09. The molecule has 2 heteroatoms. The van der Waals surface area contributed by atoms with E-state index in [1.54, 1.807) is 0 Å². The lowest BCUT2D eigenvalue weighted by molar-refractivity contribution is 0.512. The Kier molecular flexibility index (Phi) is 7.66. The molecule has 0 saturated carbocycles. The van der Waals surface area contributed by atoms with Crippen molar-refractivity contribution < 1.29 is 0 Å². The first-order chi connectivity index (χ1) is 8.68. The number of nitrogens with one attached hydrogen (secondary N) is 1. The molecule has 2 nitrogen and oxygen atoms in total. The molecule has 0 bridgehead atoms. The molecule has 0 atom stereocenters. The van der Waals surface area contributed by atoms with Crippen LogP contribution in [0.4, 0.5) is 0 Å². The highest BCUT2D eigenvalue weighted by Crippen LogP contribution is 2.09. The van der Waals surface area contributed by atoms with E-state index in [9.17, 15) is 0 Å². The standard InChI is InChI=1S/C16H28N2/c1-14(2)8-6-4-5-7-11-17-12-16-10-9-15(3)18-13-16/h9-10,13-14,17H,4-8,11-12H2,1-3H3. The average molecular weight is 248 g/mol. The van der Waals surface area contributed by atoms with Crippen molar-refractivity contribution in [3.05, 3.63) is 29.6 Å². The smallest absolute Gasteiger partial charge is 0.0372 e. The maximum Gasteiger partial charge on any atom is 0.0372 e. The van der Waals surface area contributed by atoms with Gasteiger partial charge in [0.25, 0.3) is 0 Å². The number of unbranched alkanes of at least 4 members (excludes halogenated alkanes) is 3. The zero-order valence-corrected chi connectivity index (χ0v) is 12.2. The topological polar surface area (TPSA) is 24.9 Å². The number of rotatable bonds is 9. The molecule has 1 aromatic rings. The average Bonchev–Trinajstić information content (AvgIpc) is 2.34. The lowest BCUT2D eigenvalue weighted by atomic mass is 10.0. The highest BCUT2D eigenvalue weighted by Gasteiger charge is 1.95. The Hall–Kier alpha value is -0.890. The van der Waals surface area contributed by atoms with Gasteiger partial charge in [-0.25, -0.2) is 0 Å². The molecule has 0 aliphatic heterocycles. The van der Waals surface area contributed by atoms with E-state index in [1.165, 1.54) is 37.7 Å². The van der Waals surface area contributed by atoms with E-state index in [0.29, 0.717) is 0 Å². The fraction of sp³-hybridized carbons (Fsp3) is 0.688. The number of pyridine rings is 1. The molecule has 0 radical (unpaired) electrons. The van der Waals surface area contributed by atoms with Crippen molar-refractivity contribution in [3.8, 4) is 0 Å². The first-order valence-electron chi connectivity index (χ1n) is 7.30. The van der Waals surface area contributed by atoms with Crippen molar-refractivity contribution in [2.45, 2.75) is 59.4 Å². The van der Waals surface area contributed by atoms with Gasteiger partial charge in [0.05, 0.1) is 0 Å². The minimum Gasteiger partial charge on any atom is -0.313 e. The summed E-state index contributed by atoms with van der Waals surface area (Å²) in [7, 11) is 0. The van der Waals surface area contributed by atoms with Crippen molar-refractivity contribution in [3.63, 3.8) is 0 Å². The van der Waals surface area contributed by atoms with Crippen LogP contribution in [0, 0.1) is 12.8 Å². The molecule has 102 valence electrons. The van der Waals surface area contributed by atoms with Gasteiger partial charge >= 0.3 is 0 Å². The van der Waals surface area contributed by atoms with Crippen LogP contribution in [-0.4, -0.2) is 11.5 Å². The van der Waals surface area contributed by atoms with Crippen LogP contribution in [0.5, 0.6) is 0 Å². The van der Waals surface area contributed by atoms with Gasteiger partial charge in [0.15, 0.2) is 0 Å². The van der Waals surface area contributed by atoms with Gasteiger partial charge < -0.3 is 5.32 Å². The van der Waals surface area contributed by atoms with Gasteiger partial charge in [-0.15, -0.1) is 0 Å². The number of hydrogen-bond acceptors (Lipinski definition) is 2. The molecule has 1 heterocycles. The van der Waals surface area contributed by atoms with E-state index in [4.69, 9.17) is 0 Å². The predicted molar refractivity (Wildman–Crippen MR) is 78.6 cm³/mol. The van der Waals surface area contributed by atoms with Crippen LogP contribution in [0.1, 0.15) is 57.2 Å². The molecule has 0 aliphatic rings. The minimum atomic E-state index is 0.858. The Bertz CT molecular complexity index is 303. The van der Waals surface area contributed by atoms with Crippen LogP contribution in [0.2, 0.25) is 0 Å². The molecule has 1 rings (SSSR count). The molecule has 1 aromatic heterocycles. The van der Waals surface area contributed by atoms with Gasteiger partial charge in [0, 0.05) is 18.4 Å². The molecule has 18 heavy (non-hydrogen) atoms. The third-order valence-electron chi connectivity index (χ3n) is 3.19. The fourth-order valence-corrected chi connectivity index (χ4v) is 1.99. The molecule has 0 saturated heterocycles. The molecule has 0 amide bonds. The third kappa shape index (κ3) is 7.44. The number of hydrogen-bond donors (Lipinski definition) is 1. The molecule has 0 spiro atoms. The molecule has 0 fully saturated rings. The molecule has 0 unspecified atom stereocenters. The zero-order valence-electron chi connectivity index (χ0n) is 12.2. The van der Waals surface area contributed by atoms with Gasteiger partial charge in [0.2, 0.25) is 0 Å². The SMILES string of the molecule is Cc1ccc(CNCCCCCCC(C)C)cn1. The molecule has 0 aliphatic carbocycles. The third-order valence-corrected chi connectivity index (χ3v) is 3.19. The Morgan fingerprint density at radius 3 is 2.56 bits per heavy atom. The van der Waals surface area contributed by atoms with Crippen LogP contribution in [0.25, 0.3) is 0 Å². The molecule has 1 N–H and O–H groups in total. The lowest BCUT2D eigenvalue weighted by Crippen LogP contribution is -2.14. The second-order valence-electron chi connectivity index (χ2n) is 5.58. The maximum atomic E-state index is 4.29. The summed E-state index contributed by atoms with van der Waals surface area (Å²) < 4.78 is 0. The highest BCUT2D eigenvalue weighted by atomic mass is 14.8. The van der Waals surface area contributed by atoms with Crippen LogP contribution in [0.15, 0.2) is 18.3 Å². The monoisotopic (exact) mass is 248 g/mol. The normalized spacial score (nSPS) is 11.1. The van der Waals surface area contributed by atoms with E-state index in [1.807, 2.05) is 13.1 Å². The second kappa shape index (κ2) is 9.09. The Morgan fingerprint density at radius 1 is 1.11 bits per heavy atom. The summed E-state index contributed by atoms with van der Waals surface area (Å²) in [4.78, 5) is 4.29. The number of nitrogens with zero attached hydrogens (tertiary/aromatic N) is 1. The largest absolute Gasteiger partial charge is 0.313 e. The minimum absolute atomic E-state index is 0.858. The first-order valence-corrected chi connectivity index (χ1v) is 7.30. The molecule has 0 aromatic carbocycles. The highest BCUT2D eigenvalue weighted by molar-refractivity contribution is 5.12. The van der Waals surface area contributed by atoms with Crippen molar-refractivity contribution in [1.29, 1.82) is 0 Å². The van der Waals surface area contributed by atoms with E-state index in [0.717, 1.165) is 24.7 Å². The Labute approximate surface area is 112 Å². The first kappa shape index (κ1) is 15.2. The van der Waals surface area contributed by atoms with Gasteiger partial charge in [-0.2, -0.15) is 0 Å². The van der Waals surface area contributed by atoms with Crippen LogP contribution in [-0.2, 0) is 6.54 Å². The summed E-state index contributed by atoms with van der Waals surface area (Å²) in [5, 5.41) is 3.48. The second-order valence-corrected chi connectivity index (χ2v) is 5.58. The summed E-state index contributed by atoms with van der Waals surface area (Å²) in [5.74, 6) is 0.858. The van der Waals surface area contributed by atoms with Crippen LogP contribution in [0.3, 0.4) is 0 Å². The summed E-state index contributed by atoms with van der Waals surface area (Å²) in [6, 6.07) is 4.22. The number of aryl methyl sites for hydroxylation is 1. The summed E-state index contributed by atoms with van der Waals surface area (Å²) in [6.45, 7) is 8.69. The van der Waals surface area contributed by atoms with Gasteiger partial charge in [-0.05, 0) is 37.4 Å². The lowest BCUT2D eigenvalue weighted by Gasteiger charge is -2.06. The molecular weight excluding hydrogens is 220 g/mol. The van der Waals surface area contributed by atoms with Gasteiger partial charge in [-0.3, -0.25) is 4.98 Å². The fourth-order valence-electron chi connectivity index (χ4n) is 1.99. The summed E-state index contributed by atoms with van der Waals surface area (Å²) >= 11 is 0. The number of aromatic nitrogens is 1. The Morgan fingerprint density at radius 2 is 1.89 bits per heavy atom. The summed E-state index contributed by atoms with van der Waals surface area (Å²) in [6.07, 6.45) is 8.75. The van der Waals surface area contributed by atoms with Crippen molar-refractivity contribution in [2.75, 3.05) is 6.54 Å². The maximum absolute atomic E-state index is 4.29. The van der Waals surface area contributed by atoms with Crippen molar-refractivity contribution >= 4 is 0 Å². The van der Waals surface area contributed by atoms with Crippen molar-refractivity contribution in [1.82, 2.24) is 10.3 Å².